The van der Waals surface area contributed by atoms with Gasteiger partial charge in [-0.2, -0.15) is 10.4 Å². The monoisotopic (exact) mass is 445 g/mol. The third-order valence-corrected chi connectivity index (χ3v) is 6.31. The van der Waals surface area contributed by atoms with E-state index in [4.69, 9.17) is 5.26 Å². The molecule has 160 valence electrons. The number of piperazine rings is 1. The smallest absolute Gasteiger partial charge is 0.290 e. The van der Waals surface area contributed by atoms with Crippen molar-refractivity contribution >= 4 is 40.3 Å². The fourth-order valence-electron chi connectivity index (χ4n) is 3.82. The van der Waals surface area contributed by atoms with Crippen molar-refractivity contribution in [2.75, 3.05) is 37.6 Å². The molecule has 1 aromatic carbocycles. The van der Waals surface area contributed by atoms with Crippen LogP contribution >= 0.6 is 11.8 Å². The van der Waals surface area contributed by atoms with Crippen LogP contribution in [0.1, 0.15) is 5.69 Å². The highest BCUT2D eigenvalue weighted by Crippen LogP contribution is 2.27. The quantitative estimate of drug-likeness (QED) is 0.482. The van der Waals surface area contributed by atoms with E-state index in [0.29, 0.717) is 22.8 Å². The van der Waals surface area contributed by atoms with E-state index >= 15 is 0 Å². The number of nitriles is 1. The summed E-state index contributed by atoms with van der Waals surface area (Å²) in [6.45, 7) is 4.03. The van der Waals surface area contributed by atoms with Crippen molar-refractivity contribution < 1.29 is 9.59 Å². The van der Waals surface area contributed by atoms with Gasteiger partial charge in [0.2, 0.25) is 0 Å². The Balaban J connectivity index is 1.38. The molecule has 2 amide bonds. The van der Waals surface area contributed by atoms with Crippen molar-refractivity contribution in [1.82, 2.24) is 24.8 Å². The molecule has 2 aliphatic rings. The van der Waals surface area contributed by atoms with Crippen molar-refractivity contribution in [1.29, 1.82) is 5.26 Å². The Morgan fingerprint density at radius 2 is 1.88 bits per heavy atom. The second-order valence-corrected chi connectivity index (χ2v) is 8.51. The number of amides is 2. The number of carbonyl (C=O) groups excluding carboxylic acids is 2. The first-order valence-electron chi connectivity index (χ1n) is 10.1. The SMILES string of the molecule is N#CCN1CCN(c2ccc(-c3cnc4ccc(/C=C5\SC(=O)NC5=O)nn34)cc2)CC1. The van der Waals surface area contributed by atoms with Gasteiger partial charge in [0.15, 0.2) is 5.65 Å². The van der Waals surface area contributed by atoms with Crippen LogP contribution in [0.25, 0.3) is 23.0 Å². The van der Waals surface area contributed by atoms with Crippen LogP contribution in [0.5, 0.6) is 0 Å². The summed E-state index contributed by atoms with van der Waals surface area (Å²) >= 11 is 0.868. The van der Waals surface area contributed by atoms with Crippen LogP contribution in [0.4, 0.5) is 10.5 Å². The summed E-state index contributed by atoms with van der Waals surface area (Å²) < 4.78 is 1.74. The molecule has 3 aromatic rings. The van der Waals surface area contributed by atoms with Crippen molar-refractivity contribution in [3.8, 4) is 17.3 Å². The summed E-state index contributed by atoms with van der Waals surface area (Å²) in [6, 6.07) is 14.1. The molecule has 0 atom stereocenters. The lowest BCUT2D eigenvalue weighted by Crippen LogP contribution is -2.46. The Hall–Kier alpha value is -3.68. The lowest BCUT2D eigenvalue weighted by Gasteiger charge is -2.35. The molecule has 0 unspecified atom stereocenters. The highest BCUT2D eigenvalue weighted by molar-refractivity contribution is 8.18. The number of anilines is 1. The van der Waals surface area contributed by atoms with Gasteiger partial charge in [-0.15, -0.1) is 0 Å². The predicted octanol–water partition coefficient (Wildman–Crippen LogP) is 2.37. The lowest BCUT2D eigenvalue weighted by atomic mass is 10.1. The first kappa shape index (κ1) is 20.2. The number of rotatable bonds is 4. The van der Waals surface area contributed by atoms with Crippen LogP contribution in [0, 0.1) is 11.3 Å². The van der Waals surface area contributed by atoms with Gasteiger partial charge in [0.05, 0.1) is 35.1 Å². The number of thioether (sulfide) groups is 1. The number of hydrogen-bond acceptors (Lipinski definition) is 8. The second kappa shape index (κ2) is 8.45. The first-order valence-corrected chi connectivity index (χ1v) is 11.0. The lowest BCUT2D eigenvalue weighted by molar-refractivity contribution is -0.115. The molecule has 0 aliphatic carbocycles. The molecular weight excluding hydrogens is 426 g/mol. The number of aromatic nitrogens is 3. The summed E-state index contributed by atoms with van der Waals surface area (Å²) in [4.78, 5) is 32.4. The molecule has 4 heterocycles. The molecule has 0 bridgehead atoms. The van der Waals surface area contributed by atoms with Crippen molar-refractivity contribution in [3.63, 3.8) is 0 Å². The molecule has 2 saturated heterocycles. The van der Waals surface area contributed by atoms with Gasteiger partial charge in [-0.3, -0.25) is 19.8 Å². The average Bonchev–Trinajstić information content (AvgIpc) is 3.36. The highest BCUT2D eigenvalue weighted by atomic mass is 32.2. The average molecular weight is 446 g/mol. The number of benzene rings is 1. The number of nitrogens with one attached hydrogen (secondary N) is 1. The molecule has 0 saturated carbocycles. The Labute approximate surface area is 188 Å². The van der Waals surface area contributed by atoms with Gasteiger partial charge in [-0.1, -0.05) is 12.1 Å². The van der Waals surface area contributed by atoms with Crippen LogP contribution < -0.4 is 10.2 Å². The third-order valence-electron chi connectivity index (χ3n) is 5.50. The molecule has 0 spiro atoms. The number of nitrogens with zero attached hydrogens (tertiary/aromatic N) is 6. The molecular formula is C22H19N7O2S. The van der Waals surface area contributed by atoms with Gasteiger partial charge in [-0.05, 0) is 42.1 Å². The van der Waals surface area contributed by atoms with Crippen molar-refractivity contribution in [2.45, 2.75) is 0 Å². The second-order valence-electron chi connectivity index (χ2n) is 7.49. The summed E-state index contributed by atoms with van der Waals surface area (Å²) in [7, 11) is 0. The number of hydrogen-bond donors (Lipinski definition) is 1. The number of carbonyl (C=O) groups is 2. The van der Waals surface area contributed by atoms with Crippen LogP contribution in [-0.2, 0) is 4.79 Å². The molecule has 0 radical (unpaired) electrons. The zero-order valence-corrected chi connectivity index (χ0v) is 17.9. The summed E-state index contributed by atoms with van der Waals surface area (Å²) in [5, 5.41) is 15.3. The standard InChI is InChI=1S/C22H19N7O2S/c23-7-8-27-9-11-28(12-10-27)17-4-1-15(2-5-17)18-14-24-20-6-3-16(26-29(18)20)13-19-21(30)25-22(31)32-19/h1-6,13-14H,8-12H2,(H,25,30,31)/b19-13-. The zero-order valence-electron chi connectivity index (χ0n) is 17.1. The molecule has 2 aromatic heterocycles. The van der Waals surface area contributed by atoms with Gasteiger partial charge >= 0.3 is 0 Å². The molecule has 5 rings (SSSR count). The molecule has 32 heavy (non-hydrogen) atoms. The first-order chi connectivity index (χ1) is 15.6. The van der Waals surface area contributed by atoms with Crippen LogP contribution in [0.2, 0.25) is 0 Å². The van der Waals surface area contributed by atoms with E-state index in [-0.39, 0.29) is 5.24 Å². The fourth-order valence-corrected chi connectivity index (χ4v) is 4.49. The van der Waals surface area contributed by atoms with E-state index in [1.165, 1.54) is 0 Å². The molecule has 1 N–H and O–H groups in total. The highest BCUT2D eigenvalue weighted by Gasteiger charge is 2.25. The molecule has 9 nitrogen and oxygen atoms in total. The van der Waals surface area contributed by atoms with Crippen LogP contribution in [0.3, 0.4) is 0 Å². The minimum atomic E-state index is -0.406. The Morgan fingerprint density at radius 3 is 2.56 bits per heavy atom. The van der Waals surface area contributed by atoms with Gasteiger partial charge in [0.25, 0.3) is 11.1 Å². The normalized spacial score (nSPS) is 18.3. The van der Waals surface area contributed by atoms with Crippen LogP contribution in [-0.4, -0.2) is 63.4 Å². The molecule has 2 fully saturated rings. The van der Waals surface area contributed by atoms with E-state index in [0.717, 1.165) is 54.9 Å². The Bertz CT molecular complexity index is 1270. The minimum absolute atomic E-state index is 0.322. The number of imidazole rings is 1. The zero-order chi connectivity index (χ0) is 22.1. The third kappa shape index (κ3) is 3.95. The van der Waals surface area contributed by atoms with E-state index < -0.39 is 5.91 Å². The fraction of sp³-hybridized carbons (Fsp3) is 0.227. The van der Waals surface area contributed by atoms with E-state index in [9.17, 15) is 9.59 Å². The topological polar surface area (TPSA) is 107 Å². The summed E-state index contributed by atoms with van der Waals surface area (Å²) in [5.74, 6) is -0.406. The van der Waals surface area contributed by atoms with Gasteiger partial charge in [-0.25, -0.2) is 9.50 Å². The van der Waals surface area contributed by atoms with E-state index in [2.05, 4.69) is 43.4 Å². The molecule has 2 aliphatic heterocycles. The largest absolute Gasteiger partial charge is 0.369 e. The Kier molecular flexibility index (Phi) is 5.34. The minimum Gasteiger partial charge on any atom is -0.369 e. The van der Waals surface area contributed by atoms with E-state index in [1.54, 1.807) is 22.9 Å². The van der Waals surface area contributed by atoms with E-state index in [1.807, 2.05) is 18.2 Å². The maximum absolute atomic E-state index is 11.8. The molecule has 10 heteroatoms. The Morgan fingerprint density at radius 1 is 1.09 bits per heavy atom. The summed E-state index contributed by atoms with van der Waals surface area (Å²) in [5.41, 5.74) is 4.22. The van der Waals surface area contributed by atoms with Crippen molar-refractivity contribution in [2.24, 2.45) is 0 Å². The maximum Gasteiger partial charge on any atom is 0.290 e. The van der Waals surface area contributed by atoms with Gasteiger partial charge in [0, 0.05) is 37.4 Å². The van der Waals surface area contributed by atoms with Crippen LogP contribution in [0.15, 0.2) is 47.5 Å². The van der Waals surface area contributed by atoms with Gasteiger partial charge in [0.1, 0.15) is 0 Å². The maximum atomic E-state index is 11.8. The van der Waals surface area contributed by atoms with Gasteiger partial charge < -0.3 is 4.90 Å². The number of imide groups is 1. The summed E-state index contributed by atoms with van der Waals surface area (Å²) in [6.07, 6.45) is 3.37. The number of fused-ring (bicyclic) bond motifs is 1. The van der Waals surface area contributed by atoms with Crippen molar-refractivity contribution in [3.05, 3.63) is 53.2 Å². The predicted molar refractivity (Wildman–Crippen MR) is 122 cm³/mol.